The lowest BCUT2D eigenvalue weighted by atomic mass is 9.91. The number of benzene rings is 1. The summed E-state index contributed by atoms with van der Waals surface area (Å²) in [6, 6.07) is 5.09. The highest BCUT2D eigenvalue weighted by atomic mass is 16.5. The van der Waals surface area contributed by atoms with Gasteiger partial charge >= 0.3 is 5.97 Å². The highest BCUT2D eigenvalue weighted by Gasteiger charge is 2.27. The van der Waals surface area contributed by atoms with Crippen molar-refractivity contribution < 1.29 is 14.6 Å². The zero-order chi connectivity index (χ0) is 10.8. The Balaban J connectivity index is 2.40. The first-order valence-corrected chi connectivity index (χ1v) is 4.82. The predicted molar refractivity (Wildman–Crippen MR) is 54.6 cm³/mol. The number of esters is 1. The molecule has 2 rings (SSSR count). The Morgan fingerprint density at radius 3 is 3.13 bits per heavy atom. The third-order valence-corrected chi connectivity index (χ3v) is 2.65. The monoisotopic (exact) mass is 207 g/mol. The standard InChI is InChI=1S/C11H13NO3/c1-15-11(14)10-6-12-5-7-2-3-8(13)4-9(7)10/h2-4,10,12-13H,5-6H2,1H3. The van der Waals surface area contributed by atoms with Gasteiger partial charge < -0.3 is 15.2 Å². The summed E-state index contributed by atoms with van der Waals surface area (Å²) < 4.78 is 4.73. The summed E-state index contributed by atoms with van der Waals surface area (Å²) in [5.41, 5.74) is 1.90. The molecule has 1 aliphatic rings. The van der Waals surface area contributed by atoms with Gasteiger partial charge in [0.15, 0.2) is 0 Å². The molecule has 0 amide bonds. The Bertz CT molecular complexity index is 389. The van der Waals surface area contributed by atoms with Crippen LogP contribution in [0.1, 0.15) is 17.0 Å². The highest BCUT2D eigenvalue weighted by molar-refractivity contribution is 5.79. The molecule has 1 heterocycles. The molecule has 1 aromatic rings. The van der Waals surface area contributed by atoms with Gasteiger partial charge in [-0.05, 0) is 23.3 Å². The van der Waals surface area contributed by atoms with E-state index in [0.717, 1.165) is 17.7 Å². The van der Waals surface area contributed by atoms with E-state index in [1.54, 1.807) is 12.1 Å². The Hall–Kier alpha value is -1.55. The average molecular weight is 207 g/mol. The van der Waals surface area contributed by atoms with Gasteiger partial charge in [0.1, 0.15) is 5.75 Å². The first-order chi connectivity index (χ1) is 7.22. The maximum atomic E-state index is 11.5. The number of methoxy groups -OCH3 is 1. The molecule has 0 aromatic heterocycles. The van der Waals surface area contributed by atoms with Crippen molar-refractivity contribution >= 4 is 5.97 Å². The highest BCUT2D eigenvalue weighted by Crippen LogP contribution is 2.28. The Labute approximate surface area is 87.9 Å². The van der Waals surface area contributed by atoms with Crippen LogP contribution in [0.25, 0.3) is 0 Å². The summed E-state index contributed by atoms with van der Waals surface area (Å²) in [5.74, 6) is -0.399. The fraction of sp³-hybridized carbons (Fsp3) is 0.364. The van der Waals surface area contributed by atoms with Crippen LogP contribution in [0.15, 0.2) is 18.2 Å². The van der Waals surface area contributed by atoms with Crippen molar-refractivity contribution in [1.29, 1.82) is 0 Å². The van der Waals surface area contributed by atoms with Gasteiger partial charge in [-0.15, -0.1) is 0 Å². The van der Waals surface area contributed by atoms with Crippen LogP contribution in [0, 0.1) is 0 Å². The van der Waals surface area contributed by atoms with Crippen LogP contribution in [0.4, 0.5) is 0 Å². The number of hydrogen-bond donors (Lipinski definition) is 2. The number of phenols is 1. The molecule has 2 N–H and O–H groups in total. The molecule has 0 aliphatic carbocycles. The van der Waals surface area contributed by atoms with E-state index in [1.165, 1.54) is 7.11 Å². The summed E-state index contributed by atoms with van der Waals surface area (Å²) in [6.07, 6.45) is 0. The van der Waals surface area contributed by atoms with E-state index in [1.807, 2.05) is 6.07 Å². The van der Waals surface area contributed by atoms with Gasteiger partial charge in [-0.3, -0.25) is 4.79 Å². The zero-order valence-corrected chi connectivity index (χ0v) is 8.49. The van der Waals surface area contributed by atoms with Crippen molar-refractivity contribution in [3.63, 3.8) is 0 Å². The molecule has 1 aromatic carbocycles. The van der Waals surface area contributed by atoms with Crippen LogP contribution in [-0.2, 0) is 16.1 Å². The molecule has 1 aliphatic heterocycles. The van der Waals surface area contributed by atoms with Gasteiger partial charge in [0.05, 0.1) is 13.0 Å². The first kappa shape index (κ1) is 9.98. The number of hydrogen-bond acceptors (Lipinski definition) is 4. The van der Waals surface area contributed by atoms with E-state index in [2.05, 4.69) is 5.32 Å². The topological polar surface area (TPSA) is 58.6 Å². The van der Waals surface area contributed by atoms with E-state index >= 15 is 0 Å². The van der Waals surface area contributed by atoms with Gasteiger partial charge in [-0.2, -0.15) is 0 Å². The van der Waals surface area contributed by atoms with E-state index in [9.17, 15) is 9.90 Å². The van der Waals surface area contributed by atoms with Crippen molar-refractivity contribution in [3.05, 3.63) is 29.3 Å². The van der Waals surface area contributed by atoms with E-state index in [-0.39, 0.29) is 17.6 Å². The normalized spacial score (nSPS) is 19.4. The molecule has 80 valence electrons. The lowest BCUT2D eigenvalue weighted by Gasteiger charge is -2.24. The Kier molecular flexibility index (Phi) is 2.60. The summed E-state index contributed by atoms with van der Waals surface area (Å²) >= 11 is 0. The number of aromatic hydroxyl groups is 1. The molecule has 4 heteroatoms. The summed E-state index contributed by atoms with van der Waals surface area (Å²) in [5, 5.41) is 12.5. The molecule has 1 unspecified atom stereocenters. The first-order valence-electron chi connectivity index (χ1n) is 4.82. The Morgan fingerprint density at radius 2 is 2.40 bits per heavy atom. The third kappa shape index (κ3) is 1.80. The fourth-order valence-electron chi connectivity index (χ4n) is 1.88. The molecule has 4 nitrogen and oxygen atoms in total. The van der Waals surface area contributed by atoms with Crippen molar-refractivity contribution in [2.24, 2.45) is 0 Å². The predicted octanol–water partition coefficient (Wildman–Crippen LogP) is 0.752. The molecule has 0 radical (unpaired) electrons. The van der Waals surface area contributed by atoms with Crippen molar-refractivity contribution in [3.8, 4) is 5.75 Å². The van der Waals surface area contributed by atoms with Gasteiger partial charge in [0.25, 0.3) is 0 Å². The van der Waals surface area contributed by atoms with Gasteiger partial charge in [0, 0.05) is 13.1 Å². The number of phenolic OH excluding ortho intramolecular Hbond substituents is 1. The zero-order valence-electron chi connectivity index (χ0n) is 8.49. The van der Waals surface area contributed by atoms with Gasteiger partial charge in [-0.1, -0.05) is 6.07 Å². The number of carbonyl (C=O) groups excluding carboxylic acids is 1. The van der Waals surface area contributed by atoms with Crippen LogP contribution in [0.3, 0.4) is 0 Å². The second kappa shape index (κ2) is 3.90. The SMILES string of the molecule is COC(=O)C1CNCc2ccc(O)cc21. The van der Waals surface area contributed by atoms with E-state index in [4.69, 9.17) is 4.74 Å². The van der Waals surface area contributed by atoms with E-state index in [0.29, 0.717) is 6.54 Å². The minimum atomic E-state index is -0.314. The second-order valence-corrected chi connectivity index (χ2v) is 3.59. The van der Waals surface area contributed by atoms with Crippen molar-refractivity contribution in [2.75, 3.05) is 13.7 Å². The molecule has 0 bridgehead atoms. The molecular formula is C11H13NO3. The van der Waals surface area contributed by atoms with Crippen LogP contribution in [0.5, 0.6) is 5.75 Å². The summed E-state index contributed by atoms with van der Waals surface area (Å²) in [7, 11) is 1.37. The van der Waals surface area contributed by atoms with Crippen molar-refractivity contribution in [2.45, 2.75) is 12.5 Å². The van der Waals surface area contributed by atoms with Crippen molar-refractivity contribution in [1.82, 2.24) is 5.32 Å². The largest absolute Gasteiger partial charge is 0.508 e. The smallest absolute Gasteiger partial charge is 0.314 e. The minimum Gasteiger partial charge on any atom is -0.508 e. The average Bonchev–Trinajstić information content (AvgIpc) is 2.27. The summed E-state index contributed by atoms with van der Waals surface area (Å²) in [4.78, 5) is 11.5. The number of nitrogens with one attached hydrogen (secondary N) is 1. The molecule has 15 heavy (non-hydrogen) atoms. The van der Waals surface area contributed by atoms with Gasteiger partial charge in [0.2, 0.25) is 0 Å². The second-order valence-electron chi connectivity index (χ2n) is 3.59. The molecule has 1 atom stereocenters. The lowest BCUT2D eigenvalue weighted by molar-refractivity contribution is -0.142. The number of fused-ring (bicyclic) bond motifs is 1. The third-order valence-electron chi connectivity index (χ3n) is 2.65. The number of ether oxygens (including phenoxy) is 1. The summed E-state index contributed by atoms with van der Waals surface area (Å²) in [6.45, 7) is 1.28. The molecule has 0 saturated carbocycles. The molecule has 0 saturated heterocycles. The molecule has 0 spiro atoms. The quantitative estimate of drug-likeness (QED) is 0.667. The maximum Gasteiger partial charge on any atom is 0.314 e. The maximum absolute atomic E-state index is 11.5. The minimum absolute atomic E-state index is 0.185. The van der Waals surface area contributed by atoms with Crippen LogP contribution in [-0.4, -0.2) is 24.7 Å². The number of carbonyl (C=O) groups is 1. The lowest BCUT2D eigenvalue weighted by Crippen LogP contribution is -2.33. The Morgan fingerprint density at radius 1 is 1.60 bits per heavy atom. The molecular weight excluding hydrogens is 194 g/mol. The van der Waals surface area contributed by atoms with E-state index < -0.39 is 0 Å². The number of rotatable bonds is 1. The fourth-order valence-corrected chi connectivity index (χ4v) is 1.88. The van der Waals surface area contributed by atoms with Gasteiger partial charge in [-0.25, -0.2) is 0 Å². The van der Waals surface area contributed by atoms with Crippen LogP contribution in [0.2, 0.25) is 0 Å². The molecule has 0 fully saturated rings. The van der Waals surface area contributed by atoms with Crippen LogP contribution >= 0.6 is 0 Å². The van der Waals surface area contributed by atoms with Crippen LogP contribution < -0.4 is 5.32 Å².